The van der Waals surface area contributed by atoms with Gasteiger partial charge in [0, 0.05) is 16.7 Å². The molecule has 2 aliphatic rings. The van der Waals surface area contributed by atoms with Gasteiger partial charge in [0.15, 0.2) is 0 Å². The third kappa shape index (κ3) is 3.75. The Morgan fingerprint density at radius 3 is 3.04 bits per heavy atom. The second-order valence-electron chi connectivity index (χ2n) is 5.88. The Bertz CT molecular complexity index is 672. The van der Waals surface area contributed by atoms with E-state index in [2.05, 4.69) is 34.9 Å². The fourth-order valence-electron chi connectivity index (χ4n) is 3.14. The first-order valence-corrected chi connectivity index (χ1v) is 9.37. The summed E-state index contributed by atoms with van der Waals surface area (Å²) < 4.78 is 5.10. The molecule has 1 aliphatic heterocycles. The van der Waals surface area contributed by atoms with Crippen molar-refractivity contribution in [2.45, 2.75) is 31.4 Å². The maximum absolute atomic E-state index is 12.1. The molecule has 5 nitrogen and oxygen atoms in total. The van der Waals surface area contributed by atoms with Gasteiger partial charge in [0.25, 0.3) is 0 Å². The Kier molecular flexibility index (Phi) is 5.45. The first-order chi connectivity index (χ1) is 11.7. The molecule has 0 fully saturated rings. The van der Waals surface area contributed by atoms with Crippen molar-refractivity contribution in [2.24, 2.45) is 0 Å². The van der Waals surface area contributed by atoms with Crippen LogP contribution in [0.5, 0.6) is 0 Å². The number of nitrogens with one attached hydrogen (secondary N) is 2. The van der Waals surface area contributed by atoms with Gasteiger partial charge in [-0.3, -0.25) is 0 Å². The van der Waals surface area contributed by atoms with Crippen molar-refractivity contribution in [1.82, 2.24) is 10.6 Å². The van der Waals surface area contributed by atoms with E-state index in [1.165, 1.54) is 17.5 Å². The number of hydrogen-bond acceptors (Lipinski definition) is 4. The van der Waals surface area contributed by atoms with E-state index in [1.807, 2.05) is 0 Å². The predicted octanol–water partition coefficient (Wildman–Crippen LogP) is 2.93. The Morgan fingerprint density at radius 1 is 1.38 bits per heavy atom. The first-order valence-electron chi connectivity index (χ1n) is 8.32. The zero-order valence-electron chi connectivity index (χ0n) is 13.8. The lowest BCUT2D eigenvalue weighted by atomic mass is 9.91. The van der Waals surface area contributed by atoms with E-state index in [1.54, 1.807) is 18.7 Å². The van der Waals surface area contributed by atoms with E-state index in [4.69, 9.17) is 4.74 Å². The average molecular weight is 346 g/mol. The number of carbonyl (C=O) groups is 2. The summed E-state index contributed by atoms with van der Waals surface area (Å²) in [6, 6.07) is 8.28. The van der Waals surface area contributed by atoms with Crippen LogP contribution in [0.3, 0.4) is 0 Å². The number of benzene rings is 1. The van der Waals surface area contributed by atoms with Gasteiger partial charge in [-0.25, -0.2) is 9.59 Å². The average Bonchev–Trinajstić information content (AvgIpc) is 2.60. The predicted molar refractivity (Wildman–Crippen MR) is 94.8 cm³/mol. The third-order valence-corrected chi connectivity index (χ3v) is 5.67. The summed E-state index contributed by atoms with van der Waals surface area (Å²) in [5, 5.41) is 5.81. The van der Waals surface area contributed by atoms with Gasteiger partial charge in [0.1, 0.15) is 0 Å². The van der Waals surface area contributed by atoms with E-state index in [9.17, 15) is 9.59 Å². The molecule has 0 saturated carbocycles. The van der Waals surface area contributed by atoms with Gasteiger partial charge in [-0.1, -0.05) is 24.3 Å². The summed E-state index contributed by atoms with van der Waals surface area (Å²) in [7, 11) is 0. The van der Waals surface area contributed by atoms with Crippen molar-refractivity contribution in [3.63, 3.8) is 0 Å². The zero-order valence-corrected chi connectivity index (χ0v) is 14.6. The Hall–Kier alpha value is -1.95. The zero-order chi connectivity index (χ0) is 16.9. The van der Waals surface area contributed by atoms with Crippen molar-refractivity contribution in [1.29, 1.82) is 0 Å². The van der Waals surface area contributed by atoms with Crippen LogP contribution >= 0.6 is 11.8 Å². The van der Waals surface area contributed by atoms with Crippen LogP contribution in [-0.4, -0.2) is 30.9 Å². The largest absolute Gasteiger partial charge is 0.463 e. The van der Waals surface area contributed by atoms with Gasteiger partial charge >= 0.3 is 12.0 Å². The van der Waals surface area contributed by atoms with Crippen LogP contribution in [0.15, 0.2) is 35.5 Å². The first kappa shape index (κ1) is 16.9. The maximum atomic E-state index is 12.1. The van der Waals surface area contributed by atoms with Crippen molar-refractivity contribution in [3.05, 3.63) is 46.7 Å². The summed E-state index contributed by atoms with van der Waals surface area (Å²) in [5.74, 6) is 0.241. The van der Waals surface area contributed by atoms with Crippen molar-refractivity contribution in [2.75, 3.05) is 18.9 Å². The molecule has 128 valence electrons. The number of urea groups is 1. The Labute approximate surface area is 146 Å². The minimum absolute atomic E-state index is 0.224. The number of thioether (sulfide) groups is 1. The van der Waals surface area contributed by atoms with Crippen LogP contribution in [-0.2, 0) is 16.0 Å². The quantitative estimate of drug-likeness (QED) is 0.805. The Morgan fingerprint density at radius 2 is 2.21 bits per heavy atom. The normalized spacial score (nSPS) is 20.0. The van der Waals surface area contributed by atoms with E-state index >= 15 is 0 Å². The number of ether oxygens (including phenoxy) is 1. The fourth-order valence-corrected chi connectivity index (χ4v) is 4.49. The van der Waals surface area contributed by atoms with Gasteiger partial charge in [0.2, 0.25) is 0 Å². The van der Waals surface area contributed by atoms with E-state index in [0.717, 1.165) is 12.8 Å². The van der Waals surface area contributed by atoms with E-state index in [0.29, 0.717) is 28.9 Å². The summed E-state index contributed by atoms with van der Waals surface area (Å²) in [4.78, 5) is 23.7. The molecule has 2 N–H and O–H groups in total. The molecule has 1 aromatic rings. The SMILES string of the molecule is CCOC(=O)C1=C(CS[C@@H]2CCCc3ccccc32)NC(=O)NC1. The second-order valence-corrected chi connectivity index (χ2v) is 7.07. The van der Waals surface area contributed by atoms with Crippen LogP contribution in [0.2, 0.25) is 0 Å². The summed E-state index contributed by atoms with van der Waals surface area (Å²) in [5.41, 5.74) is 3.99. The molecule has 1 heterocycles. The molecular formula is C18H22N2O3S. The van der Waals surface area contributed by atoms with Crippen LogP contribution in [0.1, 0.15) is 36.1 Å². The van der Waals surface area contributed by atoms with Gasteiger partial charge in [-0.15, -0.1) is 11.8 Å². The molecule has 1 aliphatic carbocycles. The molecule has 3 rings (SSSR count). The van der Waals surface area contributed by atoms with Crippen molar-refractivity contribution >= 4 is 23.8 Å². The number of amides is 2. The topological polar surface area (TPSA) is 67.4 Å². The number of esters is 1. The van der Waals surface area contributed by atoms with Gasteiger partial charge in [0.05, 0.1) is 18.7 Å². The molecule has 1 aromatic carbocycles. The standard InChI is InChI=1S/C18H22N2O3S/c1-2-23-17(21)14-10-19-18(22)20-15(14)11-24-16-9-5-7-12-6-3-4-8-13(12)16/h3-4,6,8,16H,2,5,7,9-11H2,1H3,(H2,19,20,22)/t16-/m1/s1. The van der Waals surface area contributed by atoms with E-state index in [-0.39, 0.29) is 18.5 Å². The van der Waals surface area contributed by atoms with Gasteiger partial charge < -0.3 is 15.4 Å². The molecule has 2 amide bonds. The lowest BCUT2D eigenvalue weighted by Crippen LogP contribution is -2.44. The molecule has 6 heteroatoms. The van der Waals surface area contributed by atoms with Crippen LogP contribution < -0.4 is 10.6 Å². The molecule has 0 spiro atoms. The highest BCUT2D eigenvalue weighted by molar-refractivity contribution is 7.99. The van der Waals surface area contributed by atoms with Crippen LogP contribution in [0, 0.1) is 0 Å². The molecule has 0 saturated heterocycles. The van der Waals surface area contributed by atoms with E-state index < -0.39 is 0 Å². The van der Waals surface area contributed by atoms with Gasteiger partial charge in [-0.05, 0) is 37.3 Å². The van der Waals surface area contributed by atoms with Crippen molar-refractivity contribution in [3.8, 4) is 0 Å². The lowest BCUT2D eigenvalue weighted by molar-refractivity contribution is -0.138. The van der Waals surface area contributed by atoms with Gasteiger partial charge in [-0.2, -0.15) is 0 Å². The third-order valence-electron chi connectivity index (χ3n) is 4.32. The molecule has 24 heavy (non-hydrogen) atoms. The molecule has 0 radical (unpaired) electrons. The monoisotopic (exact) mass is 346 g/mol. The highest BCUT2D eigenvalue weighted by Gasteiger charge is 2.26. The minimum atomic E-state index is -0.357. The molecule has 0 aromatic heterocycles. The summed E-state index contributed by atoms with van der Waals surface area (Å²) in [6.07, 6.45) is 3.42. The van der Waals surface area contributed by atoms with Crippen molar-refractivity contribution < 1.29 is 14.3 Å². The highest BCUT2D eigenvalue weighted by atomic mass is 32.2. The summed E-state index contributed by atoms with van der Waals surface area (Å²) >= 11 is 1.78. The van der Waals surface area contributed by atoms with Crippen LogP contribution in [0.25, 0.3) is 0 Å². The molecule has 0 bridgehead atoms. The van der Waals surface area contributed by atoms with Crippen LogP contribution in [0.4, 0.5) is 4.79 Å². The number of hydrogen-bond donors (Lipinski definition) is 2. The Balaban J connectivity index is 1.74. The fraction of sp³-hybridized carbons (Fsp3) is 0.444. The molecule has 0 unspecified atom stereocenters. The highest BCUT2D eigenvalue weighted by Crippen LogP contribution is 2.40. The maximum Gasteiger partial charge on any atom is 0.337 e. The minimum Gasteiger partial charge on any atom is -0.463 e. The smallest absolute Gasteiger partial charge is 0.337 e. The molecular weight excluding hydrogens is 324 g/mol. The number of aryl methyl sites for hydroxylation is 1. The number of rotatable bonds is 5. The number of fused-ring (bicyclic) bond motifs is 1. The summed E-state index contributed by atoms with van der Waals surface area (Å²) in [6.45, 7) is 2.33. The second kappa shape index (κ2) is 7.75. The number of carbonyl (C=O) groups excluding carboxylic acids is 2. The molecule has 1 atom stereocenters. The lowest BCUT2D eigenvalue weighted by Gasteiger charge is -2.27.